The second-order valence-corrected chi connectivity index (χ2v) is 4.46. The van der Waals surface area contributed by atoms with E-state index in [1.54, 1.807) is 0 Å². The molecule has 14 heavy (non-hydrogen) atoms. The first kappa shape index (κ1) is 11.7. The quantitative estimate of drug-likeness (QED) is 0.585. The lowest BCUT2D eigenvalue weighted by Gasteiger charge is -2.17. The molecule has 0 aromatic rings. The van der Waals surface area contributed by atoms with Crippen LogP contribution in [0.3, 0.4) is 0 Å². The van der Waals surface area contributed by atoms with Crippen molar-refractivity contribution in [1.82, 2.24) is 0 Å². The summed E-state index contributed by atoms with van der Waals surface area (Å²) in [4.78, 5) is 4.45. The molecule has 82 valence electrons. The highest BCUT2D eigenvalue weighted by Crippen LogP contribution is 2.23. The minimum Gasteiger partial charge on any atom is -0.297 e. The summed E-state index contributed by atoms with van der Waals surface area (Å²) < 4.78 is 0. The molecule has 0 atom stereocenters. The third kappa shape index (κ3) is 3.81. The smallest absolute Gasteiger partial charge is 0.0276 e. The molecule has 0 aliphatic heterocycles. The van der Waals surface area contributed by atoms with E-state index >= 15 is 0 Å². The Labute approximate surface area is 89.0 Å². The molecule has 1 rings (SSSR count). The van der Waals surface area contributed by atoms with Gasteiger partial charge < -0.3 is 0 Å². The van der Waals surface area contributed by atoms with Crippen molar-refractivity contribution in [2.24, 2.45) is 10.9 Å². The Kier molecular flexibility index (Phi) is 5.89. The second kappa shape index (κ2) is 7.03. The lowest BCUT2D eigenvalue weighted by Crippen LogP contribution is -2.13. The minimum absolute atomic E-state index is 0.808. The lowest BCUT2D eigenvalue weighted by atomic mass is 9.91. The molecule has 0 heterocycles. The molecule has 0 aromatic heterocycles. The van der Waals surface area contributed by atoms with Crippen molar-refractivity contribution in [2.75, 3.05) is 7.05 Å². The van der Waals surface area contributed by atoms with Crippen LogP contribution in [0.4, 0.5) is 0 Å². The van der Waals surface area contributed by atoms with Gasteiger partial charge in [-0.05, 0) is 25.2 Å². The van der Waals surface area contributed by atoms with Crippen LogP contribution in [-0.4, -0.2) is 12.8 Å². The number of nitrogens with zero attached hydrogens (tertiary/aromatic N) is 1. The predicted octanol–water partition coefficient (Wildman–Crippen LogP) is 4.22. The molecule has 0 unspecified atom stereocenters. The maximum absolute atomic E-state index is 4.45. The molecule has 1 nitrogen and oxygen atoms in total. The SMILES string of the molecule is CCC(=NC)C1CCCCCCCC1. The van der Waals surface area contributed by atoms with Crippen molar-refractivity contribution >= 4 is 5.71 Å². The first-order valence-electron chi connectivity index (χ1n) is 6.34. The Morgan fingerprint density at radius 2 is 1.50 bits per heavy atom. The van der Waals surface area contributed by atoms with E-state index in [4.69, 9.17) is 0 Å². The van der Waals surface area contributed by atoms with Gasteiger partial charge in [-0.25, -0.2) is 0 Å². The molecule has 0 aromatic carbocycles. The van der Waals surface area contributed by atoms with Crippen LogP contribution in [0.25, 0.3) is 0 Å². The van der Waals surface area contributed by atoms with Crippen molar-refractivity contribution in [1.29, 1.82) is 0 Å². The van der Waals surface area contributed by atoms with Gasteiger partial charge in [-0.15, -0.1) is 0 Å². The summed E-state index contributed by atoms with van der Waals surface area (Å²) in [6.45, 7) is 2.25. The number of hydrogen-bond acceptors (Lipinski definition) is 1. The molecule has 0 saturated heterocycles. The first-order chi connectivity index (χ1) is 6.88. The summed E-state index contributed by atoms with van der Waals surface area (Å²) in [5.41, 5.74) is 1.46. The Morgan fingerprint density at radius 3 is 1.93 bits per heavy atom. The van der Waals surface area contributed by atoms with Crippen LogP contribution in [0.1, 0.15) is 64.7 Å². The molecule has 1 aliphatic carbocycles. The third-order valence-corrected chi connectivity index (χ3v) is 3.48. The molecule has 1 fully saturated rings. The van der Waals surface area contributed by atoms with Gasteiger partial charge in [0.15, 0.2) is 0 Å². The van der Waals surface area contributed by atoms with Crippen molar-refractivity contribution in [2.45, 2.75) is 64.7 Å². The van der Waals surface area contributed by atoms with Crippen molar-refractivity contribution in [3.05, 3.63) is 0 Å². The lowest BCUT2D eigenvalue weighted by molar-refractivity contribution is 0.531. The molecule has 0 bridgehead atoms. The maximum atomic E-state index is 4.45. The summed E-state index contributed by atoms with van der Waals surface area (Å²) >= 11 is 0. The van der Waals surface area contributed by atoms with Gasteiger partial charge in [0.1, 0.15) is 0 Å². The summed E-state index contributed by atoms with van der Waals surface area (Å²) in [6.07, 6.45) is 12.6. The molecule has 1 heteroatoms. The predicted molar refractivity (Wildman–Crippen MR) is 64.1 cm³/mol. The monoisotopic (exact) mass is 195 g/mol. The Balaban J connectivity index is 2.46. The van der Waals surface area contributed by atoms with E-state index in [1.165, 1.54) is 57.1 Å². The van der Waals surface area contributed by atoms with E-state index in [-0.39, 0.29) is 0 Å². The molecular weight excluding hydrogens is 170 g/mol. The summed E-state index contributed by atoms with van der Waals surface area (Å²) in [5.74, 6) is 0.808. The van der Waals surface area contributed by atoms with E-state index in [0.717, 1.165) is 12.3 Å². The van der Waals surface area contributed by atoms with Gasteiger partial charge in [-0.3, -0.25) is 4.99 Å². The molecule has 0 N–H and O–H groups in total. The summed E-state index contributed by atoms with van der Waals surface area (Å²) in [7, 11) is 1.96. The van der Waals surface area contributed by atoms with Crippen LogP contribution < -0.4 is 0 Å². The van der Waals surface area contributed by atoms with Crippen LogP contribution >= 0.6 is 0 Å². The molecule has 1 aliphatic rings. The Bertz CT molecular complexity index is 162. The standard InChI is InChI=1S/C13H25N/c1-3-13(14-2)12-10-8-6-4-5-7-9-11-12/h12H,3-11H2,1-2H3. The van der Waals surface area contributed by atoms with Crippen LogP contribution in [0, 0.1) is 5.92 Å². The van der Waals surface area contributed by atoms with Crippen LogP contribution in [-0.2, 0) is 0 Å². The molecule has 0 amide bonds. The zero-order valence-corrected chi connectivity index (χ0v) is 9.89. The number of aliphatic imine (C=N–C) groups is 1. The normalized spacial score (nSPS) is 22.6. The molecular formula is C13H25N. The molecule has 1 saturated carbocycles. The van der Waals surface area contributed by atoms with Crippen LogP contribution in [0.5, 0.6) is 0 Å². The zero-order chi connectivity index (χ0) is 10.2. The Morgan fingerprint density at radius 1 is 1.00 bits per heavy atom. The van der Waals surface area contributed by atoms with E-state index in [1.807, 2.05) is 7.05 Å². The van der Waals surface area contributed by atoms with Crippen LogP contribution in [0.2, 0.25) is 0 Å². The highest BCUT2D eigenvalue weighted by molar-refractivity contribution is 5.86. The van der Waals surface area contributed by atoms with E-state index in [0.29, 0.717) is 0 Å². The average molecular weight is 195 g/mol. The van der Waals surface area contributed by atoms with Gasteiger partial charge in [0.05, 0.1) is 0 Å². The fraction of sp³-hybridized carbons (Fsp3) is 0.923. The number of hydrogen-bond donors (Lipinski definition) is 0. The zero-order valence-electron chi connectivity index (χ0n) is 9.89. The van der Waals surface area contributed by atoms with Crippen molar-refractivity contribution in [3.63, 3.8) is 0 Å². The first-order valence-corrected chi connectivity index (χ1v) is 6.34. The van der Waals surface area contributed by atoms with Gasteiger partial charge in [-0.2, -0.15) is 0 Å². The highest BCUT2D eigenvalue weighted by Gasteiger charge is 2.14. The molecule has 0 radical (unpaired) electrons. The van der Waals surface area contributed by atoms with Crippen molar-refractivity contribution < 1.29 is 0 Å². The van der Waals surface area contributed by atoms with Gasteiger partial charge in [0, 0.05) is 12.8 Å². The van der Waals surface area contributed by atoms with Gasteiger partial charge in [0.2, 0.25) is 0 Å². The Hall–Kier alpha value is -0.330. The topological polar surface area (TPSA) is 12.4 Å². The van der Waals surface area contributed by atoms with Gasteiger partial charge >= 0.3 is 0 Å². The largest absolute Gasteiger partial charge is 0.297 e. The van der Waals surface area contributed by atoms with Gasteiger partial charge in [0.25, 0.3) is 0 Å². The highest BCUT2D eigenvalue weighted by atomic mass is 14.7. The minimum atomic E-state index is 0.808. The number of rotatable bonds is 2. The van der Waals surface area contributed by atoms with E-state index < -0.39 is 0 Å². The van der Waals surface area contributed by atoms with E-state index in [9.17, 15) is 0 Å². The maximum Gasteiger partial charge on any atom is 0.0276 e. The van der Waals surface area contributed by atoms with E-state index in [2.05, 4.69) is 11.9 Å². The fourth-order valence-electron chi connectivity index (χ4n) is 2.60. The second-order valence-electron chi connectivity index (χ2n) is 4.46. The van der Waals surface area contributed by atoms with Crippen LogP contribution in [0.15, 0.2) is 4.99 Å². The van der Waals surface area contributed by atoms with Gasteiger partial charge in [-0.1, -0.05) is 45.4 Å². The molecule has 0 spiro atoms. The fourth-order valence-corrected chi connectivity index (χ4v) is 2.60. The third-order valence-electron chi connectivity index (χ3n) is 3.48. The van der Waals surface area contributed by atoms with Crippen molar-refractivity contribution in [3.8, 4) is 0 Å². The summed E-state index contributed by atoms with van der Waals surface area (Å²) in [5, 5.41) is 0. The average Bonchev–Trinajstić information content (AvgIpc) is 2.34. The summed E-state index contributed by atoms with van der Waals surface area (Å²) in [6, 6.07) is 0.